The fraction of sp³-hybridized carbons (Fsp3) is 0.714. The lowest BCUT2D eigenvalue weighted by Gasteiger charge is -2.37. The van der Waals surface area contributed by atoms with E-state index in [1.807, 2.05) is 0 Å². The zero-order valence-electron chi connectivity index (χ0n) is 18.5. The predicted octanol–water partition coefficient (Wildman–Crippen LogP) is 4.28. The average Bonchev–Trinajstić information content (AvgIpc) is 3.18. The average molecular weight is 487 g/mol. The van der Waals surface area contributed by atoms with Crippen LogP contribution in [-0.4, -0.2) is 33.1 Å². The molecule has 0 spiro atoms. The number of allylic oxidation sites excluding steroid dienone is 1. The van der Waals surface area contributed by atoms with Crippen LogP contribution in [0, 0.1) is 18.8 Å². The molecular weight excluding hydrogens is 455 g/mol. The second-order valence-corrected chi connectivity index (χ2v) is 16.0. The van der Waals surface area contributed by atoms with Crippen molar-refractivity contribution in [3.63, 3.8) is 0 Å². The van der Waals surface area contributed by atoms with E-state index < -0.39 is 17.6 Å². The fourth-order valence-electron chi connectivity index (χ4n) is 4.65. The maximum Gasteiger partial charge on any atom is 0.330 e. The highest BCUT2D eigenvalue weighted by Gasteiger charge is 2.53. The lowest BCUT2D eigenvalue weighted by molar-refractivity contribution is -0.0273. The Kier molecular flexibility index (Phi) is 6.49. The lowest BCUT2D eigenvalue weighted by atomic mass is 9.77. The Morgan fingerprint density at radius 2 is 2.23 bits per heavy atom. The molecule has 10 heteroatoms. The second-order valence-electron chi connectivity index (χ2n) is 9.38. The van der Waals surface area contributed by atoms with E-state index in [2.05, 4.69) is 32.3 Å². The van der Waals surface area contributed by atoms with Crippen LogP contribution in [0.3, 0.4) is 0 Å². The topological polar surface area (TPSA) is 82.5 Å². The van der Waals surface area contributed by atoms with Gasteiger partial charge in [0, 0.05) is 16.5 Å². The fourth-order valence-corrected chi connectivity index (χ4v) is 11.8. The van der Waals surface area contributed by atoms with Gasteiger partial charge in [-0.1, -0.05) is 30.5 Å². The monoisotopic (exact) mass is 486 g/mol. The van der Waals surface area contributed by atoms with E-state index in [1.54, 1.807) is 24.5 Å². The first kappa shape index (κ1) is 23.5. The van der Waals surface area contributed by atoms with E-state index in [-0.39, 0.29) is 28.4 Å². The van der Waals surface area contributed by atoms with Gasteiger partial charge in [-0.05, 0) is 70.1 Å². The molecule has 1 aromatic rings. The van der Waals surface area contributed by atoms with Gasteiger partial charge in [0.2, 0.25) is 5.69 Å². The van der Waals surface area contributed by atoms with Crippen LogP contribution >= 0.6 is 17.1 Å². The predicted molar refractivity (Wildman–Crippen MR) is 127 cm³/mol. The van der Waals surface area contributed by atoms with Crippen LogP contribution in [-0.2, 0) is 25.6 Å². The highest BCUT2D eigenvalue weighted by molar-refractivity contribution is 8.68. The molecule has 1 aromatic heterocycles. The Bertz CT molecular complexity index is 1040. The third-order valence-electron chi connectivity index (χ3n) is 6.84. The summed E-state index contributed by atoms with van der Waals surface area (Å²) in [5, 5.41) is 0. The summed E-state index contributed by atoms with van der Waals surface area (Å²) in [4.78, 5) is 26.2. The van der Waals surface area contributed by atoms with Gasteiger partial charge >= 0.3 is 5.69 Å². The molecule has 0 radical (unpaired) electrons. The number of hydrogen-bond donors (Lipinski definition) is 1. The van der Waals surface area contributed by atoms with E-state index in [4.69, 9.17) is 25.6 Å². The normalized spacial score (nSPS) is 40.1. The summed E-state index contributed by atoms with van der Waals surface area (Å²) in [5.41, 5.74) is -1.61. The molecule has 3 heterocycles. The summed E-state index contributed by atoms with van der Waals surface area (Å²) in [5.74, 6) is 0.669. The summed E-state index contributed by atoms with van der Waals surface area (Å²) in [6.07, 6.45) is 4.82. The number of aromatic nitrogens is 2. The van der Waals surface area contributed by atoms with Crippen LogP contribution in [0.5, 0.6) is 0 Å². The Balaban J connectivity index is 1.40. The zero-order valence-corrected chi connectivity index (χ0v) is 21.0. The van der Waals surface area contributed by atoms with Gasteiger partial charge in [-0.3, -0.25) is 14.3 Å². The smallest absolute Gasteiger partial charge is 0.330 e. The third-order valence-corrected chi connectivity index (χ3v) is 12.7. The van der Waals surface area contributed by atoms with Crippen molar-refractivity contribution < 1.29 is 13.8 Å². The minimum Gasteiger partial charge on any atom is -0.352 e. The molecule has 2 saturated heterocycles. The van der Waals surface area contributed by atoms with Crippen molar-refractivity contribution in [2.24, 2.45) is 11.8 Å². The van der Waals surface area contributed by atoms with Crippen molar-refractivity contribution in [3.8, 4) is 0 Å². The standard InChI is InChI=1S/C21H31N2O5PS2/c1-12(2)15-6-7-21(5)17(9-15)28-29(30,31-21)26-11-16-13(3)8-18(27-16)23-10-14(4)19(24)22-20(23)25/h10,13,15-18H,1,6-9,11H2,2-5H3,(H,22,24,25)/t13-,15-,16+,17+,18+,21+,29+/m0/s1. The molecular formula is C21H31N2O5PS2. The molecule has 3 fully saturated rings. The number of fused-ring (bicyclic) bond motifs is 1. The first-order valence-electron chi connectivity index (χ1n) is 10.8. The molecule has 1 saturated carbocycles. The van der Waals surface area contributed by atoms with E-state index in [0.717, 1.165) is 19.3 Å². The van der Waals surface area contributed by atoms with Crippen molar-refractivity contribution >= 4 is 28.9 Å². The van der Waals surface area contributed by atoms with Crippen molar-refractivity contribution in [2.45, 2.75) is 76.6 Å². The number of rotatable bonds is 5. The molecule has 0 bridgehead atoms. The van der Waals surface area contributed by atoms with Crippen molar-refractivity contribution in [1.29, 1.82) is 0 Å². The lowest BCUT2D eigenvalue weighted by Crippen LogP contribution is -2.39. The minimum absolute atomic E-state index is 0.00703. The summed E-state index contributed by atoms with van der Waals surface area (Å²) in [6.45, 7) is 12.5. The highest BCUT2D eigenvalue weighted by atomic mass is 32.9. The van der Waals surface area contributed by atoms with Gasteiger partial charge in [0.05, 0.1) is 18.8 Å². The molecule has 172 valence electrons. The molecule has 3 aliphatic rings. The van der Waals surface area contributed by atoms with Crippen LogP contribution in [0.1, 0.15) is 58.2 Å². The highest BCUT2D eigenvalue weighted by Crippen LogP contribution is 2.75. The van der Waals surface area contributed by atoms with Gasteiger partial charge in [-0.2, -0.15) is 0 Å². The van der Waals surface area contributed by atoms with E-state index in [9.17, 15) is 9.59 Å². The number of ether oxygens (including phenoxy) is 1. The van der Waals surface area contributed by atoms with Gasteiger partial charge in [-0.25, -0.2) is 4.79 Å². The van der Waals surface area contributed by atoms with Crippen LogP contribution < -0.4 is 11.2 Å². The first-order valence-corrected chi connectivity index (χ1v) is 14.8. The molecule has 4 rings (SSSR count). The molecule has 0 unspecified atom stereocenters. The number of nitrogens with zero attached hydrogens (tertiary/aromatic N) is 1. The summed E-state index contributed by atoms with van der Waals surface area (Å²) in [7, 11) is 0. The van der Waals surface area contributed by atoms with Gasteiger partial charge in [0.15, 0.2) is 0 Å². The summed E-state index contributed by atoms with van der Waals surface area (Å²) < 4.78 is 20.2. The quantitative estimate of drug-likeness (QED) is 0.491. The number of aromatic amines is 1. The molecule has 0 aromatic carbocycles. The molecule has 1 aliphatic carbocycles. The van der Waals surface area contributed by atoms with Crippen molar-refractivity contribution in [1.82, 2.24) is 9.55 Å². The Morgan fingerprint density at radius 3 is 2.94 bits per heavy atom. The van der Waals surface area contributed by atoms with E-state index in [1.165, 1.54) is 10.1 Å². The van der Waals surface area contributed by atoms with Crippen molar-refractivity contribution in [2.75, 3.05) is 6.61 Å². The maximum absolute atomic E-state index is 12.2. The molecule has 2 aliphatic heterocycles. The van der Waals surface area contributed by atoms with Gasteiger partial charge in [0.1, 0.15) is 6.23 Å². The Morgan fingerprint density at radius 1 is 1.48 bits per heavy atom. The maximum atomic E-state index is 12.2. The van der Waals surface area contributed by atoms with Crippen LogP contribution in [0.25, 0.3) is 0 Å². The number of aryl methyl sites for hydroxylation is 1. The largest absolute Gasteiger partial charge is 0.352 e. The number of H-pyrrole nitrogens is 1. The van der Waals surface area contributed by atoms with E-state index >= 15 is 0 Å². The SMILES string of the molecule is C=C(C)[C@H]1CC[C@@]2(C)S[P@](=S)(OC[C@H]3O[C@@H](n4cc(C)c(=O)[nH]c4=O)C[C@@H]3C)O[C@@H]2C1. The van der Waals surface area contributed by atoms with Gasteiger partial charge < -0.3 is 13.8 Å². The molecule has 0 amide bonds. The number of hydrogen-bond acceptors (Lipinski definition) is 7. The molecule has 7 nitrogen and oxygen atoms in total. The van der Waals surface area contributed by atoms with Crippen LogP contribution in [0.4, 0.5) is 0 Å². The van der Waals surface area contributed by atoms with Gasteiger partial charge in [-0.15, -0.1) is 0 Å². The summed E-state index contributed by atoms with van der Waals surface area (Å²) in [6, 6.07) is 0. The zero-order chi connectivity index (χ0) is 22.6. The third kappa shape index (κ3) is 4.68. The summed E-state index contributed by atoms with van der Waals surface area (Å²) >= 11 is 7.56. The molecule has 1 N–H and O–H groups in total. The van der Waals surface area contributed by atoms with E-state index in [0.29, 0.717) is 24.5 Å². The Labute approximate surface area is 191 Å². The Hall–Kier alpha value is -0.700. The molecule has 31 heavy (non-hydrogen) atoms. The molecule has 7 atom stereocenters. The van der Waals surface area contributed by atoms with Crippen LogP contribution in [0.2, 0.25) is 0 Å². The second kappa shape index (κ2) is 8.58. The minimum atomic E-state index is -2.47. The number of nitrogens with one attached hydrogen (secondary N) is 1. The van der Waals surface area contributed by atoms with Crippen LogP contribution in [0.15, 0.2) is 27.9 Å². The van der Waals surface area contributed by atoms with Crippen molar-refractivity contribution in [3.05, 3.63) is 44.8 Å². The van der Waals surface area contributed by atoms with Gasteiger partial charge in [0.25, 0.3) is 5.56 Å². The first-order chi connectivity index (χ1) is 14.5.